The molecule has 3 rings (SSSR count). The number of amides is 1. The van der Waals surface area contributed by atoms with Crippen molar-refractivity contribution < 1.29 is 4.79 Å². The van der Waals surface area contributed by atoms with Crippen LogP contribution in [0.3, 0.4) is 0 Å². The molecule has 0 aliphatic carbocycles. The van der Waals surface area contributed by atoms with E-state index in [1.54, 1.807) is 22.6 Å². The van der Waals surface area contributed by atoms with Gasteiger partial charge in [-0.15, -0.1) is 11.3 Å². The lowest BCUT2D eigenvalue weighted by atomic mass is 10.2. The molecular formula is C13H16N4OS. The molecule has 0 atom stereocenters. The molecule has 0 spiro atoms. The summed E-state index contributed by atoms with van der Waals surface area (Å²) in [7, 11) is 0. The van der Waals surface area contributed by atoms with Gasteiger partial charge < -0.3 is 9.80 Å². The molecule has 2 aromatic heterocycles. The Morgan fingerprint density at radius 1 is 1.32 bits per heavy atom. The standard InChI is InChI=1S/C13H16N4OS/c1-2-10-7-11-12(14-8-15-13(11)19-10)17-5-3-16(9-18)4-6-17/h7-9H,2-6H2,1H3. The van der Waals surface area contributed by atoms with E-state index in [2.05, 4.69) is 27.9 Å². The highest BCUT2D eigenvalue weighted by molar-refractivity contribution is 7.18. The maximum atomic E-state index is 10.7. The molecule has 19 heavy (non-hydrogen) atoms. The summed E-state index contributed by atoms with van der Waals surface area (Å²) in [5.41, 5.74) is 0. The molecule has 0 radical (unpaired) electrons. The molecule has 0 N–H and O–H groups in total. The van der Waals surface area contributed by atoms with Crippen LogP contribution in [0.5, 0.6) is 0 Å². The van der Waals surface area contributed by atoms with Gasteiger partial charge in [0.25, 0.3) is 0 Å². The average molecular weight is 276 g/mol. The number of hydrogen-bond acceptors (Lipinski definition) is 5. The first-order valence-corrected chi connectivity index (χ1v) is 7.31. The minimum Gasteiger partial charge on any atom is -0.352 e. The molecule has 0 bridgehead atoms. The molecule has 5 nitrogen and oxygen atoms in total. The molecule has 6 heteroatoms. The topological polar surface area (TPSA) is 49.3 Å². The highest BCUT2D eigenvalue weighted by Crippen LogP contribution is 2.30. The molecule has 2 aromatic rings. The van der Waals surface area contributed by atoms with Gasteiger partial charge in [-0.25, -0.2) is 9.97 Å². The van der Waals surface area contributed by atoms with Gasteiger partial charge >= 0.3 is 0 Å². The van der Waals surface area contributed by atoms with E-state index in [0.717, 1.165) is 55.0 Å². The van der Waals surface area contributed by atoms with E-state index in [4.69, 9.17) is 0 Å². The van der Waals surface area contributed by atoms with Crippen molar-refractivity contribution >= 4 is 33.8 Å². The molecule has 1 saturated heterocycles. The Hall–Kier alpha value is -1.69. The van der Waals surface area contributed by atoms with E-state index in [1.807, 2.05) is 0 Å². The molecular weight excluding hydrogens is 260 g/mol. The van der Waals surface area contributed by atoms with Crippen LogP contribution in [0.2, 0.25) is 0 Å². The fourth-order valence-electron chi connectivity index (χ4n) is 2.36. The lowest BCUT2D eigenvalue weighted by Crippen LogP contribution is -2.46. The number of carbonyl (C=O) groups is 1. The number of piperazine rings is 1. The normalized spacial score (nSPS) is 16.1. The first kappa shape index (κ1) is 12.3. The van der Waals surface area contributed by atoms with Gasteiger partial charge in [0.2, 0.25) is 6.41 Å². The largest absolute Gasteiger partial charge is 0.352 e. The number of aromatic nitrogens is 2. The molecule has 0 aromatic carbocycles. The highest BCUT2D eigenvalue weighted by Gasteiger charge is 2.19. The Kier molecular flexibility index (Phi) is 3.33. The van der Waals surface area contributed by atoms with Crippen LogP contribution in [0.15, 0.2) is 12.4 Å². The maximum Gasteiger partial charge on any atom is 0.209 e. The number of rotatable bonds is 3. The molecule has 0 saturated carbocycles. The molecule has 1 aliphatic rings. The monoisotopic (exact) mass is 276 g/mol. The van der Waals surface area contributed by atoms with Crippen molar-refractivity contribution in [3.05, 3.63) is 17.3 Å². The van der Waals surface area contributed by atoms with Gasteiger partial charge in [-0.2, -0.15) is 0 Å². The molecule has 1 fully saturated rings. The number of anilines is 1. The molecule has 0 unspecified atom stereocenters. The number of aryl methyl sites for hydroxylation is 1. The van der Waals surface area contributed by atoms with Crippen LogP contribution in [-0.2, 0) is 11.2 Å². The van der Waals surface area contributed by atoms with Gasteiger partial charge in [-0.1, -0.05) is 6.92 Å². The molecule has 1 aliphatic heterocycles. The van der Waals surface area contributed by atoms with Crippen LogP contribution in [-0.4, -0.2) is 47.5 Å². The average Bonchev–Trinajstić information content (AvgIpc) is 2.90. The summed E-state index contributed by atoms with van der Waals surface area (Å²) in [4.78, 5) is 26.0. The quantitative estimate of drug-likeness (QED) is 0.798. The van der Waals surface area contributed by atoms with E-state index in [1.165, 1.54) is 4.88 Å². The van der Waals surface area contributed by atoms with Crippen LogP contribution < -0.4 is 4.90 Å². The Labute approximate surface area is 115 Å². The van der Waals surface area contributed by atoms with Crippen molar-refractivity contribution in [3.8, 4) is 0 Å². The number of nitrogens with zero attached hydrogens (tertiary/aromatic N) is 4. The summed E-state index contributed by atoms with van der Waals surface area (Å²) in [6.45, 7) is 5.35. The minimum atomic E-state index is 0.764. The minimum absolute atomic E-state index is 0.764. The van der Waals surface area contributed by atoms with Crippen LogP contribution in [0.25, 0.3) is 10.2 Å². The number of thiophene rings is 1. The molecule has 100 valence electrons. The van der Waals surface area contributed by atoms with E-state index in [9.17, 15) is 4.79 Å². The zero-order valence-corrected chi connectivity index (χ0v) is 11.7. The third kappa shape index (κ3) is 2.28. The van der Waals surface area contributed by atoms with Crippen LogP contribution in [0.4, 0.5) is 5.82 Å². The van der Waals surface area contributed by atoms with E-state index in [0.29, 0.717) is 0 Å². The second-order valence-corrected chi connectivity index (χ2v) is 5.73. The lowest BCUT2D eigenvalue weighted by molar-refractivity contribution is -0.118. The summed E-state index contributed by atoms with van der Waals surface area (Å²) >= 11 is 1.74. The Balaban J connectivity index is 1.92. The van der Waals surface area contributed by atoms with Gasteiger partial charge in [0, 0.05) is 31.1 Å². The fourth-order valence-corrected chi connectivity index (χ4v) is 3.29. The maximum absolute atomic E-state index is 10.7. The van der Waals surface area contributed by atoms with Crippen molar-refractivity contribution in [2.45, 2.75) is 13.3 Å². The van der Waals surface area contributed by atoms with Crippen molar-refractivity contribution in [2.75, 3.05) is 31.1 Å². The van der Waals surface area contributed by atoms with E-state index in [-0.39, 0.29) is 0 Å². The predicted molar refractivity (Wildman–Crippen MR) is 76.6 cm³/mol. The summed E-state index contributed by atoms with van der Waals surface area (Å²) < 4.78 is 0. The third-order valence-corrected chi connectivity index (χ3v) is 4.66. The zero-order chi connectivity index (χ0) is 13.2. The molecule has 1 amide bonds. The third-order valence-electron chi connectivity index (χ3n) is 3.47. The zero-order valence-electron chi connectivity index (χ0n) is 10.9. The van der Waals surface area contributed by atoms with Crippen LogP contribution >= 0.6 is 11.3 Å². The van der Waals surface area contributed by atoms with E-state index < -0.39 is 0 Å². The second-order valence-electron chi connectivity index (χ2n) is 4.61. The highest BCUT2D eigenvalue weighted by atomic mass is 32.1. The number of fused-ring (bicyclic) bond motifs is 1. The lowest BCUT2D eigenvalue weighted by Gasteiger charge is -2.33. The summed E-state index contributed by atoms with van der Waals surface area (Å²) in [5.74, 6) is 1.01. The summed E-state index contributed by atoms with van der Waals surface area (Å²) in [6.07, 6.45) is 3.59. The second kappa shape index (κ2) is 5.13. The van der Waals surface area contributed by atoms with Gasteiger partial charge in [0.05, 0.1) is 5.39 Å². The fraction of sp³-hybridized carbons (Fsp3) is 0.462. The number of hydrogen-bond donors (Lipinski definition) is 0. The van der Waals surface area contributed by atoms with Crippen molar-refractivity contribution in [3.63, 3.8) is 0 Å². The van der Waals surface area contributed by atoms with Crippen LogP contribution in [0, 0.1) is 0 Å². The SMILES string of the molecule is CCc1cc2c(N3CCN(C=O)CC3)ncnc2s1. The first-order valence-electron chi connectivity index (χ1n) is 6.49. The van der Waals surface area contributed by atoms with Crippen molar-refractivity contribution in [1.29, 1.82) is 0 Å². The predicted octanol–water partition coefficient (Wildman–Crippen LogP) is 1.53. The van der Waals surface area contributed by atoms with E-state index >= 15 is 0 Å². The van der Waals surface area contributed by atoms with Crippen molar-refractivity contribution in [2.24, 2.45) is 0 Å². The van der Waals surface area contributed by atoms with Gasteiger partial charge in [-0.3, -0.25) is 4.79 Å². The summed E-state index contributed by atoms with van der Waals surface area (Å²) in [5, 5.41) is 1.14. The van der Waals surface area contributed by atoms with Gasteiger partial charge in [0.15, 0.2) is 0 Å². The molecule has 3 heterocycles. The summed E-state index contributed by atoms with van der Waals surface area (Å²) in [6, 6.07) is 2.20. The smallest absolute Gasteiger partial charge is 0.209 e. The van der Waals surface area contributed by atoms with Crippen molar-refractivity contribution in [1.82, 2.24) is 14.9 Å². The van der Waals surface area contributed by atoms with Gasteiger partial charge in [0.1, 0.15) is 17.0 Å². The Morgan fingerprint density at radius 3 is 2.79 bits per heavy atom. The first-order chi connectivity index (χ1) is 9.31. The Bertz CT molecular complexity index is 589. The Morgan fingerprint density at radius 2 is 2.11 bits per heavy atom. The number of carbonyl (C=O) groups excluding carboxylic acids is 1. The van der Waals surface area contributed by atoms with Gasteiger partial charge in [-0.05, 0) is 12.5 Å². The van der Waals surface area contributed by atoms with Crippen LogP contribution in [0.1, 0.15) is 11.8 Å².